The Kier molecular flexibility index (Phi) is 6.49. The highest BCUT2D eigenvalue weighted by Crippen LogP contribution is 2.02. The number of hydrogen-bond acceptors (Lipinski definition) is 5. The van der Waals surface area contributed by atoms with E-state index in [-0.39, 0.29) is 12.2 Å². The Bertz CT molecular complexity index is 192. The second-order valence-corrected chi connectivity index (χ2v) is 3.28. The molecule has 0 aromatic carbocycles. The Morgan fingerprint density at radius 2 is 1.27 bits per heavy atom. The fourth-order valence-electron chi connectivity index (χ4n) is 0.611. The number of rotatable bonds is 4. The molecule has 0 bridgehead atoms. The summed E-state index contributed by atoms with van der Waals surface area (Å²) < 4.78 is 13.7. The van der Waals surface area contributed by atoms with E-state index in [4.69, 9.17) is 9.47 Å². The van der Waals surface area contributed by atoms with Gasteiger partial charge in [0.15, 0.2) is 0 Å². The van der Waals surface area contributed by atoms with E-state index in [1.165, 1.54) is 0 Å². The molecule has 0 amide bonds. The number of hydrogen-bond donors (Lipinski definition) is 0. The van der Waals surface area contributed by atoms with E-state index < -0.39 is 12.3 Å². The summed E-state index contributed by atoms with van der Waals surface area (Å²) in [5, 5.41) is 0. The van der Waals surface area contributed by atoms with E-state index >= 15 is 0 Å². The molecule has 2 atom stereocenters. The molecule has 0 saturated carbocycles. The highest BCUT2D eigenvalue weighted by Gasteiger charge is 2.17. The molecule has 5 heteroatoms. The topological polar surface area (TPSA) is 61.8 Å². The molecule has 0 aliphatic heterocycles. The van der Waals surface area contributed by atoms with Crippen LogP contribution in [0, 0.1) is 0 Å². The summed E-state index contributed by atoms with van der Waals surface area (Å²) in [6, 6.07) is 0. The molecule has 15 heavy (non-hydrogen) atoms. The molecular formula is C10H18O5. The molecule has 0 spiro atoms. The maximum Gasteiger partial charge on any atom is 0.518 e. The molecule has 0 heterocycles. The highest BCUT2D eigenvalue weighted by molar-refractivity contribution is 5.77. The lowest BCUT2D eigenvalue weighted by atomic mass is 10.3. The summed E-state index contributed by atoms with van der Waals surface area (Å²) >= 11 is 0. The monoisotopic (exact) mass is 218 g/mol. The smallest absolute Gasteiger partial charge is 0.431 e. The van der Waals surface area contributed by atoms with Crippen molar-refractivity contribution in [2.45, 2.75) is 52.7 Å². The largest absolute Gasteiger partial charge is 0.518 e. The SMILES string of the molecule is CCC(C)OC(=O)OC(=O)OC(C)CC. The van der Waals surface area contributed by atoms with Gasteiger partial charge in [-0.3, -0.25) is 0 Å². The first-order valence-corrected chi connectivity index (χ1v) is 5.08. The molecule has 0 saturated heterocycles. The lowest BCUT2D eigenvalue weighted by molar-refractivity contribution is 0.00690. The predicted octanol–water partition coefficient (Wildman–Crippen LogP) is 2.87. The van der Waals surface area contributed by atoms with E-state index in [9.17, 15) is 9.59 Å². The first kappa shape index (κ1) is 13.7. The Morgan fingerprint density at radius 1 is 0.933 bits per heavy atom. The van der Waals surface area contributed by atoms with Crippen LogP contribution in [0.15, 0.2) is 0 Å². The van der Waals surface area contributed by atoms with Gasteiger partial charge < -0.3 is 14.2 Å². The third kappa shape index (κ3) is 6.76. The zero-order chi connectivity index (χ0) is 11.8. The summed E-state index contributed by atoms with van der Waals surface area (Å²) in [5.74, 6) is 0. The van der Waals surface area contributed by atoms with Crippen LogP contribution in [0.3, 0.4) is 0 Å². The van der Waals surface area contributed by atoms with Crippen LogP contribution in [0.1, 0.15) is 40.5 Å². The molecule has 88 valence electrons. The number of carbonyl (C=O) groups excluding carboxylic acids is 2. The minimum absolute atomic E-state index is 0.270. The zero-order valence-corrected chi connectivity index (χ0v) is 9.61. The van der Waals surface area contributed by atoms with Crippen molar-refractivity contribution in [3.05, 3.63) is 0 Å². The van der Waals surface area contributed by atoms with Crippen LogP contribution in [0.5, 0.6) is 0 Å². The molecule has 0 rings (SSSR count). The molecule has 0 aliphatic rings. The first-order valence-electron chi connectivity index (χ1n) is 5.08. The Morgan fingerprint density at radius 3 is 1.53 bits per heavy atom. The maximum absolute atomic E-state index is 10.9. The summed E-state index contributed by atoms with van der Waals surface area (Å²) in [5.41, 5.74) is 0. The second kappa shape index (κ2) is 7.09. The second-order valence-electron chi connectivity index (χ2n) is 3.28. The quantitative estimate of drug-likeness (QED) is 0.536. The van der Waals surface area contributed by atoms with Crippen molar-refractivity contribution in [3.63, 3.8) is 0 Å². The Labute approximate surface area is 89.7 Å². The Balaban J connectivity index is 3.81. The maximum atomic E-state index is 10.9. The number of carbonyl (C=O) groups is 2. The van der Waals surface area contributed by atoms with E-state index in [1.54, 1.807) is 13.8 Å². The molecule has 0 aromatic rings. The number of ether oxygens (including phenoxy) is 3. The van der Waals surface area contributed by atoms with Gasteiger partial charge in [0.05, 0.1) is 0 Å². The van der Waals surface area contributed by atoms with Gasteiger partial charge in [0.1, 0.15) is 12.2 Å². The standard InChI is InChI=1S/C10H18O5/c1-5-7(3)13-9(11)15-10(12)14-8(4)6-2/h7-8H,5-6H2,1-4H3. The molecule has 2 unspecified atom stereocenters. The normalized spacial score (nSPS) is 13.9. The van der Waals surface area contributed by atoms with E-state index in [0.717, 1.165) is 0 Å². The minimum atomic E-state index is -1.02. The van der Waals surface area contributed by atoms with Crippen LogP contribution >= 0.6 is 0 Å². The average Bonchev–Trinajstić information content (AvgIpc) is 2.16. The highest BCUT2D eigenvalue weighted by atomic mass is 16.8. The van der Waals surface area contributed by atoms with Gasteiger partial charge in [-0.05, 0) is 26.7 Å². The van der Waals surface area contributed by atoms with Crippen molar-refractivity contribution in [1.29, 1.82) is 0 Å². The van der Waals surface area contributed by atoms with E-state index in [0.29, 0.717) is 12.8 Å². The molecule has 0 aliphatic carbocycles. The van der Waals surface area contributed by atoms with E-state index in [2.05, 4.69) is 4.74 Å². The van der Waals surface area contributed by atoms with Crippen LogP contribution in [0.4, 0.5) is 9.59 Å². The molecule has 0 N–H and O–H groups in total. The fourth-order valence-corrected chi connectivity index (χ4v) is 0.611. The van der Waals surface area contributed by atoms with Crippen LogP contribution < -0.4 is 0 Å². The zero-order valence-electron chi connectivity index (χ0n) is 9.61. The molecule has 0 fully saturated rings. The van der Waals surface area contributed by atoms with Gasteiger partial charge in [0.25, 0.3) is 0 Å². The van der Waals surface area contributed by atoms with Crippen LogP contribution in [-0.2, 0) is 14.2 Å². The van der Waals surface area contributed by atoms with Gasteiger partial charge in [-0.15, -0.1) is 0 Å². The molecule has 0 radical (unpaired) electrons. The van der Waals surface area contributed by atoms with Crippen molar-refractivity contribution in [3.8, 4) is 0 Å². The molecule has 5 nitrogen and oxygen atoms in total. The Hall–Kier alpha value is -1.26. The van der Waals surface area contributed by atoms with E-state index in [1.807, 2.05) is 13.8 Å². The van der Waals surface area contributed by atoms with Crippen molar-refractivity contribution in [1.82, 2.24) is 0 Å². The summed E-state index contributed by atoms with van der Waals surface area (Å²) in [4.78, 5) is 21.9. The van der Waals surface area contributed by atoms with Crippen molar-refractivity contribution < 1.29 is 23.8 Å². The first-order chi connectivity index (χ1) is 6.99. The van der Waals surface area contributed by atoms with Crippen molar-refractivity contribution in [2.75, 3.05) is 0 Å². The average molecular weight is 218 g/mol. The van der Waals surface area contributed by atoms with Crippen molar-refractivity contribution in [2.24, 2.45) is 0 Å². The molecule has 0 aromatic heterocycles. The van der Waals surface area contributed by atoms with Gasteiger partial charge >= 0.3 is 12.3 Å². The van der Waals surface area contributed by atoms with Crippen LogP contribution in [-0.4, -0.2) is 24.5 Å². The molecular weight excluding hydrogens is 200 g/mol. The summed E-state index contributed by atoms with van der Waals surface area (Å²) in [7, 11) is 0. The fraction of sp³-hybridized carbons (Fsp3) is 0.800. The van der Waals surface area contributed by atoms with Gasteiger partial charge in [0, 0.05) is 0 Å². The lowest BCUT2D eigenvalue weighted by Crippen LogP contribution is -2.22. The van der Waals surface area contributed by atoms with Gasteiger partial charge in [0.2, 0.25) is 0 Å². The van der Waals surface area contributed by atoms with Crippen LogP contribution in [0.25, 0.3) is 0 Å². The van der Waals surface area contributed by atoms with Crippen molar-refractivity contribution >= 4 is 12.3 Å². The minimum Gasteiger partial charge on any atom is -0.431 e. The van der Waals surface area contributed by atoms with Crippen LogP contribution in [0.2, 0.25) is 0 Å². The van der Waals surface area contributed by atoms with Gasteiger partial charge in [-0.2, -0.15) is 0 Å². The third-order valence-corrected chi connectivity index (χ3v) is 1.91. The summed E-state index contributed by atoms with van der Waals surface area (Å²) in [6.45, 7) is 7.13. The lowest BCUT2D eigenvalue weighted by Gasteiger charge is -2.12. The third-order valence-electron chi connectivity index (χ3n) is 1.91. The summed E-state index contributed by atoms with van der Waals surface area (Å²) in [6.07, 6.45) is -1.25. The predicted molar refractivity (Wildman–Crippen MR) is 53.6 cm³/mol. The van der Waals surface area contributed by atoms with Gasteiger partial charge in [-0.25, -0.2) is 9.59 Å². The van der Waals surface area contributed by atoms with Gasteiger partial charge in [-0.1, -0.05) is 13.8 Å².